The molecule has 0 N–H and O–H groups in total. The number of carbonyl (C=O) groups excluding carboxylic acids is 1. The Hall–Kier alpha value is -2.07. The van der Waals surface area contributed by atoms with E-state index >= 15 is 0 Å². The van der Waals surface area contributed by atoms with E-state index in [4.69, 9.17) is 11.6 Å². The summed E-state index contributed by atoms with van der Waals surface area (Å²) in [5, 5.41) is 0.734. The van der Waals surface area contributed by atoms with Crippen LogP contribution in [0.25, 0.3) is 0 Å². The summed E-state index contributed by atoms with van der Waals surface area (Å²) in [6, 6.07) is 9.76. The SMILES string of the molecule is Cc1cc(C)n(C)c(=O)c1C(=O)N1CCC(Cc2ccc(Cl)cc2)C1. The predicted octanol–water partition coefficient (Wildman–Crippen LogP) is 3.36. The average molecular weight is 359 g/mol. The predicted molar refractivity (Wildman–Crippen MR) is 100 cm³/mol. The second kappa shape index (κ2) is 7.04. The first-order chi connectivity index (χ1) is 11.9. The fourth-order valence-corrected chi connectivity index (χ4v) is 3.66. The molecule has 1 unspecified atom stereocenters. The van der Waals surface area contributed by atoms with Crippen LogP contribution in [-0.4, -0.2) is 28.5 Å². The van der Waals surface area contributed by atoms with Crippen LogP contribution in [0.3, 0.4) is 0 Å². The van der Waals surface area contributed by atoms with Gasteiger partial charge < -0.3 is 9.47 Å². The maximum Gasteiger partial charge on any atom is 0.263 e. The molecule has 2 aromatic rings. The van der Waals surface area contributed by atoms with Crippen molar-refractivity contribution in [1.29, 1.82) is 0 Å². The molecule has 1 aliphatic rings. The highest BCUT2D eigenvalue weighted by Gasteiger charge is 2.29. The van der Waals surface area contributed by atoms with E-state index in [1.807, 2.05) is 49.1 Å². The lowest BCUT2D eigenvalue weighted by atomic mass is 9.99. The number of carbonyl (C=O) groups is 1. The lowest BCUT2D eigenvalue weighted by molar-refractivity contribution is 0.0784. The average Bonchev–Trinajstić information content (AvgIpc) is 3.03. The fraction of sp³-hybridized carbons (Fsp3) is 0.400. The molecule has 0 radical (unpaired) electrons. The fourth-order valence-electron chi connectivity index (χ4n) is 3.53. The van der Waals surface area contributed by atoms with Crippen LogP contribution in [0, 0.1) is 19.8 Å². The van der Waals surface area contributed by atoms with Crippen LogP contribution in [0.4, 0.5) is 0 Å². The molecule has 2 heterocycles. The molecule has 1 atom stereocenters. The van der Waals surface area contributed by atoms with Crippen LogP contribution >= 0.6 is 11.6 Å². The molecule has 5 heteroatoms. The second-order valence-corrected chi connectivity index (χ2v) is 7.38. The Morgan fingerprint density at radius 3 is 2.60 bits per heavy atom. The first-order valence-electron chi connectivity index (χ1n) is 8.57. The van der Waals surface area contributed by atoms with Crippen LogP contribution in [0.5, 0.6) is 0 Å². The van der Waals surface area contributed by atoms with E-state index in [1.54, 1.807) is 11.6 Å². The van der Waals surface area contributed by atoms with E-state index in [-0.39, 0.29) is 11.5 Å². The molecule has 1 fully saturated rings. The summed E-state index contributed by atoms with van der Waals surface area (Å²) in [5.74, 6) is 0.274. The monoisotopic (exact) mass is 358 g/mol. The number of rotatable bonds is 3. The van der Waals surface area contributed by atoms with E-state index in [0.717, 1.165) is 29.1 Å². The first-order valence-corrected chi connectivity index (χ1v) is 8.95. The van der Waals surface area contributed by atoms with Crippen molar-refractivity contribution in [2.75, 3.05) is 13.1 Å². The van der Waals surface area contributed by atoms with Crippen molar-refractivity contribution in [3.05, 3.63) is 68.1 Å². The summed E-state index contributed by atoms with van der Waals surface area (Å²) in [7, 11) is 1.71. The number of amides is 1. The number of hydrogen-bond donors (Lipinski definition) is 0. The number of benzene rings is 1. The Kier molecular flexibility index (Phi) is 5.00. The number of likely N-dealkylation sites (tertiary alicyclic amines) is 1. The van der Waals surface area contributed by atoms with Gasteiger partial charge in [0.15, 0.2) is 0 Å². The van der Waals surface area contributed by atoms with Crippen LogP contribution in [0.2, 0.25) is 5.02 Å². The number of halogens is 1. The molecule has 0 saturated carbocycles. The molecule has 132 valence electrons. The molecule has 1 aliphatic heterocycles. The third-order valence-electron chi connectivity index (χ3n) is 5.09. The van der Waals surface area contributed by atoms with Gasteiger partial charge >= 0.3 is 0 Å². The van der Waals surface area contributed by atoms with E-state index in [1.165, 1.54) is 5.56 Å². The number of nitrogens with zero attached hydrogens (tertiary/aromatic N) is 2. The summed E-state index contributed by atoms with van der Waals surface area (Å²) in [5.41, 5.74) is 2.95. The van der Waals surface area contributed by atoms with Gasteiger partial charge in [0.05, 0.1) is 0 Å². The normalized spacial score (nSPS) is 17.1. The molecule has 4 nitrogen and oxygen atoms in total. The van der Waals surface area contributed by atoms with Gasteiger partial charge in [-0.15, -0.1) is 0 Å². The minimum Gasteiger partial charge on any atom is -0.338 e. The van der Waals surface area contributed by atoms with Gasteiger partial charge in [-0.25, -0.2) is 0 Å². The summed E-state index contributed by atoms with van der Waals surface area (Å²) in [6.07, 6.45) is 1.88. The third kappa shape index (κ3) is 3.64. The third-order valence-corrected chi connectivity index (χ3v) is 5.34. The molecular formula is C20H23ClN2O2. The molecule has 1 saturated heterocycles. The van der Waals surface area contributed by atoms with Crippen LogP contribution in [0.15, 0.2) is 35.1 Å². The molecule has 1 aromatic carbocycles. The van der Waals surface area contributed by atoms with Crippen LogP contribution in [-0.2, 0) is 13.5 Å². The van der Waals surface area contributed by atoms with Gasteiger partial charge in [0.2, 0.25) is 0 Å². The van der Waals surface area contributed by atoms with Crippen molar-refractivity contribution in [1.82, 2.24) is 9.47 Å². The van der Waals surface area contributed by atoms with Crippen LogP contribution < -0.4 is 5.56 Å². The maximum atomic E-state index is 12.9. The molecule has 0 bridgehead atoms. The standard InChI is InChI=1S/C20H23ClN2O2/c1-13-10-14(2)22(3)19(24)18(13)20(25)23-9-8-16(12-23)11-15-4-6-17(21)7-5-15/h4-7,10,16H,8-9,11-12H2,1-3H3. The Bertz CT molecular complexity index is 855. The molecule has 1 amide bonds. The lowest BCUT2D eigenvalue weighted by Crippen LogP contribution is -2.36. The molecular weight excluding hydrogens is 336 g/mol. The number of aryl methyl sites for hydroxylation is 2. The first kappa shape index (κ1) is 17.7. The van der Waals surface area contributed by atoms with E-state index < -0.39 is 0 Å². The Balaban J connectivity index is 1.74. The zero-order valence-corrected chi connectivity index (χ0v) is 15.6. The van der Waals surface area contributed by atoms with Gasteiger partial charge in [-0.3, -0.25) is 9.59 Å². The summed E-state index contributed by atoms with van der Waals surface area (Å²) in [4.78, 5) is 27.2. The highest BCUT2D eigenvalue weighted by Crippen LogP contribution is 2.23. The number of aromatic nitrogens is 1. The van der Waals surface area contributed by atoms with Crippen molar-refractivity contribution in [3.63, 3.8) is 0 Å². The lowest BCUT2D eigenvalue weighted by Gasteiger charge is -2.18. The van der Waals surface area contributed by atoms with Crippen molar-refractivity contribution in [2.24, 2.45) is 13.0 Å². The van der Waals surface area contributed by atoms with Gasteiger partial charge in [0.1, 0.15) is 5.56 Å². The number of pyridine rings is 1. The van der Waals surface area contributed by atoms with E-state index in [0.29, 0.717) is 24.6 Å². The maximum absolute atomic E-state index is 12.9. The van der Waals surface area contributed by atoms with Gasteiger partial charge in [-0.1, -0.05) is 23.7 Å². The van der Waals surface area contributed by atoms with E-state index in [2.05, 4.69) is 0 Å². The minimum atomic E-state index is -0.205. The number of hydrogen-bond acceptors (Lipinski definition) is 2. The topological polar surface area (TPSA) is 42.3 Å². The van der Waals surface area contributed by atoms with E-state index in [9.17, 15) is 9.59 Å². The zero-order valence-electron chi connectivity index (χ0n) is 14.9. The molecule has 25 heavy (non-hydrogen) atoms. The molecule has 1 aromatic heterocycles. The smallest absolute Gasteiger partial charge is 0.263 e. The molecule has 0 spiro atoms. The quantitative estimate of drug-likeness (QED) is 0.844. The molecule has 0 aliphatic carbocycles. The molecule has 3 rings (SSSR count). The van der Waals surface area contributed by atoms with Gasteiger partial charge in [-0.2, -0.15) is 0 Å². The van der Waals surface area contributed by atoms with Gasteiger partial charge in [0, 0.05) is 30.9 Å². The highest BCUT2D eigenvalue weighted by molar-refractivity contribution is 6.30. The summed E-state index contributed by atoms with van der Waals surface area (Å²) in [6.45, 7) is 5.11. The summed E-state index contributed by atoms with van der Waals surface area (Å²) >= 11 is 5.93. The Labute approximate surface area is 153 Å². The zero-order chi connectivity index (χ0) is 18.1. The van der Waals surface area contributed by atoms with Crippen molar-refractivity contribution in [2.45, 2.75) is 26.7 Å². The highest BCUT2D eigenvalue weighted by atomic mass is 35.5. The van der Waals surface area contributed by atoms with Crippen molar-refractivity contribution >= 4 is 17.5 Å². The minimum absolute atomic E-state index is 0.142. The van der Waals surface area contributed by atoms with Gasteiger partial charge in [0.25, 0.3) is 11.5 Å². The Morgan fingerprint density at radius 1 is 1.24 bits per heavy atom. The largest absolute Gasteiger partial charge is 0.338 e. The second-order valence-electron chi connectivity index (χ2n) is 6.94. The summed E-state index contributed by atoms with van der Waals surface area (Å²) < 4.78 is 1.54. The Morgan fingerprint density at radius 2 is 1.92 bits per heavy atom. The van der Waals surface area contributed by atoms with Crippen molar-refractivity contribution in [3.8, 4) is 0 Å². The van der Waals surface area contributed by atoms with Gasteiger partial charge in [-0.05, 0) is 61.9 Å². The van der Waals surface area contributed by atoms with Crippen molar-refractivity contribution < 1.29 is 4.79 Å². The van der Waals surface area contributed by atoms with Crippen LogP contribution in [0.1, 0.15) is 33.6 Å².